The van der Waals surface area contributed by atoms with Crippen molar-refractivity contribution < 1.29 is 0 Å². The average molecular weight is 252 g/mol. The van der Waals surface area contributed by atoms with Crippen LogP contribution < -0.4 is 5.73 Å². The van der Waals surface area contributed by atoms with Gasteiger partial charge >= 0.3 is 0 Å². The van der Waals surface area contributed by atoms with Gasteiger partial charge in [0.15, 0.2) is 5.82 Å². The summed E-state index contributed by atoms with van der Waals surface area (Å²) in [7, 11) is 1.99. The second-order valence-electron chi connectivity index (χ2n) is 5.78. The molecular formula is C14H28N4. The third-order valence-electron chi connectivity index (χ3n) is 3.61. The number of rotatable bonds is 7. The first-order valence-electron chi connectivity index (χ1n) is 7.05. The molecule has 2 N–H and O–H groups in total. The lowest BCUT2D eigenvalue weighted by Crippen LogP contribution is -2.16. The molecule has 0 radical (unpaired) electrons. The van der Waals surface area contributed by atoms with Crippen molar-refractivity contribution in [3.8, 4) is 0 Å². The molecule has 0 aliphatic carbocycles. The molecule has 1 rings (SSSR count). The molecule has 1 heterocycles. The van der Waals surface area contributed by atoms with Crippen LogP contribution in [0.3, 0.4) is 0 Å². The molecule has 0 aromatic carbocycles. The molecule has 18 heavy (non-hydrogen) atoms. The third-order valence-corrected chi connectivity index (χ3v) is 3.61. The van der Waals surface area contributed by atoms with E-state index in [-0.39, 0.29) is 0 Å². The summed E-state index contributed by atoms with van der Waals surface area (Å²) in [5, 5.41) is 4.46. The van der Waals surface area contributed by atoms with Crippen LogP contribution in [0, 0.1) is 11.8 Å². The molecule has 0 fully saturated rings. The Balaban J connectivity index is 2.61. The van der Waals surface area contributed by atoms with Gasteiger partial charge in [-0.1, -0.05) is 27.7 Å². The molecule has 1 atom stereocenters. The summed E-state index contributed by atoms with van der Waals surface area (Å²) in [5.74, 6) is 3.82. The first-order chi connectivity index (χ1) is 8.45. The van der Waals surface area contributed by atoms with Crippen molar-refractivity contribution in [2.75, 3.05) is 6.54 Å². The second-order valence-corrected chi connectivity index (χ2v) is 5.78. The summed E-state index contributed by atoms with van der Waals surface area (Å²) >= 11 is 0. The smallest absolute Gasteiger partial charge is 0.153 e. The quantitative estimate of drug-likeness (QED) is 0.811. The van der Waals surface area contributed by atoms with Gasteiger partial charge in [-0.15, -0.1) is 0 Å². The van der Waals surface area contributed by atoms with Crippen molar-refractivity contribution >= 4 is 0 Å². The highest BCUT2D eigenvalue weighted by Gasteiger charge is 2.15. The van der Waals surface area contributed by atoms with Crippen LogP contribution in [-0.2, 0) is 13.5 Å². The highest BCUT2D eigenvalue weighted by Crippen LogP contribution is 2.21. The fourth-order valence-corrected chi connectivity index (χ4v) is 2.24. The fraction of sp³-hybridized carbons (Fsp3) is 0.857. The molecule has 0 spiro atoms. The molecule has 1 aromatic heterocycles. The van der Waals surface area contributed by atoms with Crippen LogP contribution in [0.1, 0.15) is 58.1 Å². The molecule has 0 amide bonds. The zero-order valence-electron chi connectivity index (χ0n) is 12.5. The maximum absolute atomic E-state index is 5.68. The highest BCUT2D eigenvalue weighted by molar-refractivity contribution is 4.97. The fourth-order valence-electron chi connectivity index (χ4n) is 2.24. The van der Waals surface area contributed by atoms with E-state index in [0.29, 0.717) is 17.8 Å². The van der Waals surface area contributed by atoms with Crippen LogP contribution in [-0.4, -0.2) is 21.3 Å². The van der Waals surface area contributed by atoms with Gasteiger partial charge in [0.05, 0.1) is 0 Å². The summed E-state index contributed by atoms with van der Waals surface area (Å²) in [6.45, 7) is 9.58. The minimum Gasteiger partial charge on any atom is -0.330 e. The Morgan fingerprint density at radius 1 is 1.17 bits per heavy atom. The van der Waals surface area contributed by atoms with E-state index < -0.39 is 0 Å². The Morgan fingerprint density at radius 3 is 2.28 bits per heavy atom. The van der Waals surface area contributed by atoms with Crippen molar-refractivity contribution in [3.63, 3.8) is 0 Å². The van der Waals surface area contributed by atoms with E-state index in [2.05, 4.69) is 37.8 Å². The van der Waals surface area contributed by atoms with Crippen LogP contribution in [0.15, 0.2) is 0 Å². The SMILES string of the molecule is CC(C)c1nc(CCC(CCN)C(C)C)n(C)n1. The Kier molecular flexibility index (Phi) is 5.79. The van der Waals surface area contributed by atoms with Gasteiger partial charge in [-0.2, -0.15) is 5.10 Å². The van der Waals surface area contributed by atoms with E-state index in [9.17, 15) is 0 Å². The van der Waals surface area contributed by atoms with Crippen molar-refractivity contribution in [2.45, 2.75) is 52.9 Å². The van der Waals surface area contributed by atoms with Crippen LogP contribution in [0.4, 0.5) is 0 Å². The minimum atomic E-state index is 0.398. The molecule has 1 unspecified atom stereocenters. The lowest BCUT2D eigenvalue weighted by molar-refractivity contribution is 0.337. The van der Waals surface area contributed by atoms with Crippen molar-refractivity contribution in [2.24, 2.45) is 24.6 Å². The number of nitrogens with zero attached hydrogens (tertiary/aromatic N) is 3. The molecule has 0 saturated carbocycles. The highest BCUT2D eigenvalue weighted by atomic mass is 15.3. The van der Waals surface area contributed by atoms with Gasteiger partial charge in [0, 0.05) is 19.4 Å². The number of aromatic nitrogens is 3. The standard InChI is InChI=1S/C14H28N4/c1-10(2)12(8-9-15)6-7-13-16-14(11(3)4)17-18(13)5/h10-12H,6-9,15H2,1-5H3. The van der Waals surface area contributed by atoms with E-state index in [4.69, 9.17) is 5.73 Å². The predicted octanol–water partition coefficient (Wildman–Crippen LogP) is 2.49. The van der Waals surface area contributed by atoms with Gasteiger partial charge < -0.3 is 5.73 Å². The first kappa shape index (κ1) is 15.2. The lowest BCUT2D eigenvalue weighted by atomic mass is 9.88. The summed E-state index contributed by atoms with van der Waals surface area (Å²) in [6.07, 6.45) is 3.25. The van der Waals surface area contributed by atoms with Gasteiger partial charge in [0.2, 0.25) is 0 Å². The van der Waals surface area contributed by atoms with E-state index in [1.165, 1.54) is 0 Å². The Morgan fingerprint density at radius 2 is 1.83 bits per heavy atom. The zero-order chi connectivity index (χ0) is 13.7. The molecule has 0 saturated heterocycles. The van der Waals surface area contributed by atoms with Gasteiger partial charge in [-0.3, -0.25) is 4.68 Å². The first-order valence-corrected chi connectivity index (χ1v) is 7.05. The van der Waals surface area contributed by atoms with Crippen LogP contribution >= 0.6 is 0 Å². The zero-order valence-corrected chi connectivity index (χ0v) is 12.5. The lowest BCUT2D eigenvalue weighted by Gasteiger charge is -2.19. The van der Waals surface area contributed by atoms with E-state index in [0.717, 1.165) is 37.5 Å². The number of hydrogen-bond acceptors (Lipinski definition) is 3. The summed E-state index contributed by atoms with van der Waals surface area (Å²) in [4.78, 5) is 4.62. The predicted molar refractivity (Wildman–Crippen MR) is 75.4 cm³/mol. The Hall–Kier alpha value is -0.900. The molecular weight excluding hydrogens is 224 g/mol. The Labute approximate surface area is 111 Å². The van der Waals surface area contributed by atoms with Gasteiger partial charge in [-0.05, 0) is 31.2 Å². The maximum Gasteiger partial charge on any atom is 0.153 e. The largest absolute Gasteiger partial charge is 0.330 e. The van der Waals surface area contributed by atoms with Gasteiger partial charge in [0.25, 0.3) is 0 Å². The molecule has 4 heteroatoms. The van der Waals surface area contributed by atoms with Crippen LogP contribution in [0.5, 0.6) is 0 Å². The maximum atomic E-state index is 5.68. The molecule has 4 nitrogen and oxygen atoms in total. The number of aryl methyl sites for hydroxylation is 2. The van der Waals surface area contributed by atoms with E-state index >= 15 is 0 Å². The molecule has 104 valence electrons. The van der Waals surface area contributed by atoms with Crippen molar-refractivity contribution in [1.29, 1.82) is 0 Å². The van der Waals surface area contributed by atoms with Crippen LogP contribution in [0.2, 0.25) is 0 Å². The van der Waals surface area contributed by atoms with Crippen LogP contribution in [0.25, 0.3) is 0 Å². The van der Waals surface area contributed by atoms with E-state index in [1.807, 2.05) is 11.7 Å². The molecule has 0 aliphatic rings. The molecule has 0 aliphatic heterocycles. The summed E-state index contributed by atoms with van der Waals surface area (Å²) in [6, 6.07) is 0. The van der Waals surface area contributed by atoms with Gasteiger partial charge in [0.1, 0.15) is 5.82 Å². The molecule has 1 aromatic rings. The topological polar surface area (TPSA) is 56.7 Å². The van der Waals surface area contributed by atoms with E-state index in [1.54, 1.807) is 0 Å². The average Bonchev–Trinajstić information content (AvgIpc) is 2.66. The summed E-state index contributed by atoms with van der Waals surface area (Å²) in [5.41, 5.74) is 5.68. The number of hydrogen-bond donors (Lipinski definition) is 1. The normalized spacial score (nSPS) is 13.6. The third kappa shape index (κ3) is 4.09. The monoisotopic (exact) mass is 252 g/mol. The second kappa shape index (κ2) is 6.88. The van der Waals surface area contributed by atoms with Crippen molar-refractivity contribution in [1.82, 2.24) is 14.8 Å². The number of nitrogens with two attached hydrogens (primary N) is 1. The molecule has 0 bridgehead atoms. The summed E-state index contributed by atoms with van der Waals surface area (Å²) < 4.78 is 1.93. The Bertz CT molecular complexity index is 355. The van der Waals surface area contributed by atoms with Gasteiger partial charge in [-0.25, -0.2) is 4.98 Å². The van der Waals surface area contributed by atoms with Crippen molar-refractivity contribution in [3.05, 3.63) is 11.6 Å². The minimum absolute atomic E-state index is 0.398.